The summed E-state index contributed by atoms with van der Waals surface area (Å²) in [5.41, 5.74) is -0.755. The molecule has 0 aliphatic carbocycles. The summed E-state index contributed by atoms with van der Waals surface area (Å²) in [5.74, 6) is -1.02. The Bertz CT molecular complexity index is 1260. The van der Waals surface area contributed by atoms with E-state index in [1.54, 1.807) is 49.4 Å². The lowest BCUT2D eigenvalue weighted by Crippen LogP contribution is -2.56. The van der Waals surface area contributed by atoms with Gasteiger partial charge >= 0.3 is 5.97 Å². The number of non-ortho nitro benzene ring substituents is 1. The van der Waals surface area contributed by atoms with Crippen molar-refractivity contribution < 1.29 is 28.0 Å². The zero-order valence-corrected chi connectivity index (χ0v) is 19.4. The minimum atomic E-state index is -4.26. The summed E-state index contributed by atoms with van der Waals surface area (Å²) in [5, 5.41) is 22.0. The molecule has 0 saturated heterocycles. The van der Waals surface area contributed by atoms with Crippen molar-refractivity contribution in [3.63, 3.8) is 0 Å². The molecule has 2 N–H and O–H groups in total. The van der Waals surface area contributed by atoms with Crippen LogP contribution in [-0.2, 0) is 26.2 Å². The normalized spacial score (nSPS) is 14.1. The van der Waals surface area contributed by atoms with Gasteiger partial charge in [-0.3, -0.25) is 10.1 Å². The van der Waals surface area contributed by atoms with Crippen molar-refractivity contribution in [1.29, 1.82) is 0 Å². The van der Waals surface area contributed by atoms with Crippen molar-refractivity contribution in [3.8, 4) is 0 Å². The topological polar surface area (TPSA) is 136 Å². The monoisotopic (exact) mass is 484 g/mol. The van der Waals surface area contributed by atoms with Crippen molar-refractivity contribution in [2.24, 2.45) is 0 Å². The Morgan fingerprint density at radius 3 is 2.21 bits per heavy atom. The number of nitro benzene ring substituents is 1. The van der Waals surface area contributed by atoms with E-state index in [4.69, 9.17) is 4.74 Å². The second-order valence-electron chi connectivity index (χ2n) is 7.93. The van der Waals surface area contributed by atoms with Crippen LogP contribution >= 0.6 is 0 Å². The lowest BCUT2D eigenvalue weighted by atomic mass is 9.90. The van der Waals surface area contributed by atoms with Crippen LogP contribution < -0.4 is 4.72 Å². The lowest BCUT2D eigenvalue weighted by Gasteiger charge is -2.33. The van der Waals surface area contributed by atoms with Gasteiger partial charge in [0.1, 0.15) is 12.7 Å². The van der Waals surface area contributed by atoms with Crippen LogP contribution in [0.4, 0.5) is 5.69 Å². The summed E-state index contributed by atoms with van der Waals surface area (Å²) < 4.78 is 33.9. The van der Waals surface area contributed by atoms with Crippen LogP contribution in [0, 0.1) is 17.0 Å². The van der Waals surface area contributed by atoms with Gasteiger partial charge < -0.3 is 9.84 Å². The molecular formula is C24H24N2O7S. The summed E-state index contributed by atoms with van der Waals surface area (Å²) in [6.45, 7) is 2.86. The van der Waals surface area contributed by atoms with Crippen molar-refractivity contribution in [1.82, 2.24) is 4.72 Å². The highest BCUT2D eigenvalue weighted by Gasteiger charge is 2.46. The molecule has 34 heavy (non-hydrogen) atoms. The fourth-order valence-corrected chi connectivity index (χ4v) is 4.61. The molecule has 0 aliphatic heterocycles. The Kier molecular flexibility index (Phi) is 7.45. The Hall–Kier alpha value is -3.60. The molecule has 3 aromatic carbocycles. The van der Waals surface area contributed by atoms with E-state index in [9.17, 15) is 28.4 Å². The first-order chi connectivity index (χ1) is 16.0. The predicted molar refractivity (Wildman–Crippen MR) is 124 cm³/mol. The van der Waals surface area contributed by atoms with Gasteiger partial charge in [0.25, 0.3) is 5.69 Å². The van der Waals surface area contributed by atoms with Gasteiger partial charge in [0.15, 0.2) is 5.54 Å². The minimum Gasteiger partial charge on any atom is -0.459 e. The molecule has 0 bridgehead atoms. The van der Waals surface area contributed by atoms with E-state index in [1.807, 2.05) is 0 Å². The number of carbonyl (C=O) groups is 1. The second-order valence-corrected chi connectivity index (χ2v) is 9.62. The largest absolute Gasteiger partial charge is 0.459 e. The molecule has 178 valence electrons. The van der Waals surface area contributed by atoms with Crippen LogP contribution in [0.25, 0.3) is 0 Å². The van der Waals surface area contributed by atoms with E-state index in [1.165, 1.54) is 31.2 Å². The Balaban J connectivity index is 1.96. The van der Waals surface area contributed by atoms with E-state index < -0.39 is 32.6 Å². The van der Waals surface area contributed by atoms with E-state index >= 15 is 0 Å². The number of hydrogen-bond acceptors (Lipinski definition) is 7. The summed E-state index contributed by atoms with van der Waals surface area (Å²) in [7, 11) is -4.26. The number of hydrogen-bond donors (Lipinski definition) is 2. The molecule has 0 aliphatic rings. The molecule has 0 saturated carbocycles. The van der Waals surface area contributed by atoms with Crippen LogP contribution in [0.3, 0.4) is 0 Å². The van der Waals surface area contributed by atoms with Crippen LogP contribution in [0.15, 0.2) is 83.8 Å². The van der Waals surface area contributed by atoms with E-state index in [0.29, 0.717) is 5.56 Å². The Labute approximate surface area is 197 Å². The van der Waals surface area contributed by atoms with Crippen molar-refractivity contribution >= 4 is 21.7 Å². The maximum absolute atomic E-state index is 13.2. The first-order valence-electron chi connectivity index (χ1n) is 10.3. The summed E-state index contributed by atoms with van der Waals surface area (Å²) >= 11 is 0. The summed E-state index contributed by atoms with van der Waals surface area (Å²) in [4.78, 5) is 23.4. The molecule has 3 aromatic rings. The van der Waals surface area contributed by atoms with Crippen molar-refractivity contribution in [3.05, 3.63) is 106 Å². The maximum atomic E-state index is 13.2. The number of carbonyl (C=O) groups excluding carboxylic acids is 1. The van der Waals surface area contributed by atoms with Gasteiger partial charge in [0.05, 0.1) is 9.82 Å². The number of nitro groups is 1. The molecule has 0 radical (unpaired) electrons. The van der Waals surface area contributed by atoms with Crippen LogP contribution in [0.2, 0.25) is 0 Å². The number of aliphatic hydroxyl groups is 1. The van der Waals surface area contributed by atoms with E-state index in [-0.39, 0.29) is 22.8 Å². The van der Waals surface area contributed by atoms with Gasteiger partial charge in [-0.25, -0.2) is 13.2 Å². The summed E-state index contributed by atoms with van der Waals surface area (Å²) in [6, 6.07) is 19.6. The number of aryl methyl sites for hydroxylation is 1. The first-order valence-corrected chi connectivity index (χ1v) is 11.8. The third-order valence-corrected chi connectivity index (χ3v) is 6.87. The van der Waals surface area contributed by atoms with Gasteiger partial charge in [-0.1, -0.05) is 48.0 Å². The molecular weight excluding hydrogens is 460 g/mol. The Morgan fingerprint density at radius 2 is 1.65 bits per heavy atom. The third kappa shape index (κ3) is 5.66. The highest BCUT2D eigenvalue weighted by molar-refractivity contribution is 7.89. The first kappa shape index (κ1) is 25.0. The second kappa shape index (κ2) is 10.1. The number of benzene rings is 3. The average molecular weight is 485 g/mol. The molecule has 0 fully saturated rings. The van der Waals surface area contributed by atoms with Crippen molar-refractivity contribution in [2.45, 2.75) is 37.0 Å². The predicted octanol–water partition coefficient (Wildman–Crippen LogP) is 3.42. The molecule has 0 spiro atoms. The number of esters is 1. The molecule has 0 amide bonds. The van der Waals surface area contributed by atoms with Crippen LogP contribution in [-0.4, -0.2) is 30.0 Å². The quantitative estimate of drug-likeness (QED) is 0.270. The average Bonchev–Trinajstić information content (AvgIpc) is 2.82. The number of rotatable bonds is 9. The van der Waals surface area contributed by atoms with Crippen molar-refractivity contribution in [2.75, 3.05) is 0 Å². The SMILES string of the molecule is Cc1ccc(S(=O)(=O)N[C@@](C)(C(=O)OCc2ccccc2)[C@H](O)c2ccc([N+](=O)[O-])cc2)cc1. The van der Waals surface area contributed by atoms with Gasteiger partial charge in [-0.15, -0.1) is 0 Å². The zero-order chi connectivity index (χ0) is 24.9. The number of aliphatic hydroxyl groups excluding tert-OH is 1. The number of ether oxygens (including phenoxy) is 1. The van der Waals surface area contributed by atoms with Gasteiger partial charge in [0, 0.05) is 12.1 Å². The number of sulfonamides is 1. The summed E-state index contributed by atoms with van der Waals surface area (Å²) in [6.07, 6.45) is -1.71. The fraction of sp³-hybridized carbons (Fsp3) is 0.208. The van der Waals surface area contributed by atoms with Crippen LogP contribution in [0.5, 0.6) is 0 Å². The minimum absolute atomic E-state index is 0.0939. The smallest absolute Gasteiger partial charge is 0.330 e. The van der Waals surface area contributed by atoms with Gasteiger partial charge in [-0.2, -0.15) is 4.72 Å². The highest BCUT2D eigenvalue weighted by Crippen LogP contribution is 2.31. The van der Waals surface area contributed by atoms with Gasteiger partial charge in [0.2, 0.25) is 10.0 Å². The zero-order valence-electron chi connectivity index (χ0n) is 18.5. The molecule has 0 aromatic heterocycles. The van der Waals surface area contributed by atoms with E-state index in [0.717, 1.165) is 17.7 Å². The molecule has 0 heterocycles. The lowest BCUT2D eigenvalue weighted by molar-refractivity contribution is -0.384. The molecule has 9 nitrogen and oxygen atoms in total. The molecule has 10 heteroatoms. The van der Waals surface area contributed by atoms with E-state index in [2.05, 4.69) is 4.72 Å². The number of nitrogens with one attached hydrogen (secondary N) is 1. The maximum Gasteiger partial charge on any atom is 0.330 e. The fourth-order valence-electron chi connectivity index (χ4n) is 3.25. The highest BCUT2D eigenvalue weighted by atomic mass is 32.2. The van der Waals surface area contributed by atoms with Crippen LogP contribution in [0.1, 0.15) is 29.7 Å². The Morgan fingerprint density at radius 1 is 1.06 bits per heavy atom. The molecule has 0 unspecified atom stereocenters. The van der Waals surface area contributed by atoms with Gasteiger partial charge in [-0.05, 0) is 49.2 Å². The number of nitrogens with zero attached hydrogens (tertiary/aromatic N) is 1. The third-order valence-electron chi connectivity index (χ3n) is 5.28. The molecule has 3 rings (SSSR count). The standard InChI is InChI=1S/C24H24N2O7S/c1-17-8-14-21(15-9-17)34(31,32)25-24(2,23(28)33-16-18-6-4-3-5-7-18)22(27)19-10-12-20(13-11-19)26(29)30/h3-15,22,25,27H,16H2,1-2H3/t22-,24-/m1/s1. The molecule has 2 atom stereocenters.